The molecule has 430 valence electrons. The number of aliphatic carboxylic acids is 2. The monoisotopic (exact) mass is 1110 g/mol. The van der Waals surface area contributed by atoms with E-state index in [2.05, 4.69) is 60.2 Å². The average Bonchev–Trinajstić information content (AvgIpc) is 3.37. The first-order chi connectivity index (χ1) is 36.4. The number of carboxylic acid groups (broad SMARTS) is 2. The number of primary amides is 2. The molecule has 0 radical (unpaired) electrons. The molecule has 1 aromatic rings. The Bertz CT molecular complexity index is 2190. The lowest BCUT2D eigenvalue weighted by Gasteiger charge is -2.28. The third kappa shape index (κ3) is 28.7. The fraction of sp³-hybridized carbons (Fsp3) is 0.587. The number of carboxylic acids is 2. The van der Waals surface area contributed by atoms with Crippen molar-refractivity contribution in [1.82, 2.24) is 42.5 Å². The molecule has 0 bridgehead atoms. The third-order valence-corrected chi connectivity index (χ3v) is 11.6. The molecule has 0 unspecified atom stereocenters. The number of nitrogens with zero attached hydrogens (tertiary/aromatic N) is 1. The van der Waals surface area contributed by atoms with E-state index in [-0.39, 0.29) is 69.9 Å². The molecule has 0 heterocycles. The molecular formula is C46H76N16O14S. The molecule has 1 aromatic carbocycles. The second-order valence-corrected chi connectivity index (χ2v) is 18.0. The molecule has 0 saturated heterocycles. The van der Waals surface area contributed by atoms with E-state index < -0.39 is 158 Å². The van der Waals surface area contributed by atoms with Gasteiger partial charge in [-0.05, 0) is 82.9 Å². The van der Waals surface area contributed by atoms with E-state index in [0.717, 1.165) is 0 Å². The van der Waals surface area contributed by atoms with Crippen LogP contribution in [0.15, 0.2) is 35.3 Å². The van der Waals surface area contributed by atoms with Gasteiger partial charge in [0.1, 0.15) is 42.3 Å². The van der Waals surface area contributed by atoms with Gasteiger partial charge in [-0.2, -0.15) is 12.6 Å². The third-order valence-electron chi connectivity index (χ3n) is 11.2. The highest BCUT2D eigenvalue weighted by atomic mass is 32.1. The summed E-state index contributed by atoms with van der Waals surface area (Å²) >= 11 is 4.15. The fourth-order valence-corrected chi connectivity index (χ4v) is 7.35. The predicted molar refractivity (Wildman–Crippen MR) is 281 cm³/mol. The molecule has 0 aliphatic rings. The zero-order valence-electron chi connectivity index (χ0n) is 42.7. The van der Waals surface area contributed by atoms with E-state index >= 15 is 0 Å². The molecule has 0 aliphatic carbocycles. The molecule has 0 aromatic heterocycles. The predicted octanol–water partition coefficient (Wildman–Crippen LogP) is -6.60. The topological polar surface area (TPSA) is 536 Å². The van der Waals surface area contributed by atoms with Gasteiger partial charge < -0.3 is 92.9 Å². The van der Waals surface area contributed by atoms with Crippen LogP contribution in [0.2, 0.25) is 0 Å². The van der Waals surface area contributed by atoms with Crippen molar-refractivity contribution in [2.45, 2.75) is 138 Å². The lowest BCUT2D eigenvalue weighted by Crippen LogP contribution is -2.60. The number of unbranched alkanes of at least 4 members (excludes halogenated alkanes) is 2. The maximum atomic E-state index is 14.3. The van der Waals surface area contributed by atoms with Crippen LogP contribution >= 0.6 is 12.6 Å². The fourth-order valence-electron chi connectivity index (χ4n) is 7.09. The maximum Gasteiger partial charge on any atom is 0.326 e. The number of guanidine groups is 1. The average molecular weight is 1110 g/mol. The molecule has 10 amide bonds. The van der Waals surface area contributed by atoms with E-state index in [0.29, 0.717) is 24.8 Å². The number of thiol groups is 1. The molecule has 31 heteroatoms. The number of amides is 10. The van der Waals surface area contributed by atoms with Crippen LogP contribution in [-0.2, 0) is 64.0 Å². The molecular weight excluding hydrogens is 1030 g/mol. The highest BCUT2D eigenvalue weighted by Gasteiger charge is 2.34. The summed E-state index contributed by atoms with van der Waals surface area (Å²) < 4.78 is 0. The Hall–Kier alpha value is -7.64. The lowest BCUT2D eigenvalue weighted by molar-refractivity contribution is -0.143. The van der Waals surface area contributed by atoms with Crippen molar-refractivity contribution in [2.24, 2.45) is 45.1 Å². The Kier molecular flexibility index (Phi) is 32.5. The number of hydrogen-bond donors (Lipinski definition) is 18. The lowest BCUT2D eigenvalue weighted by atomic mass is 10.0. The summed E-state index contributed by atoms with van der Waals surface area (Å²) in [5, 5.41) is 37.6. The van der Waals surface area contributed by atoms with Crippen LogP contribution in [0.4, 0.5) is 0 Å². The van der Waals surface area contributed by atoms with Gasteiger partial charge in [-0.1, -0.05) is 30.3 Å². The minimum Gasteiger partial charge on any atom is -0.481 e. The zero-order valence-corrected chi connectivity index (χ0v) is 43.6. The minimum atomic E-state index is -1.66. The molecule has 0 fully saturated rings. The van der Waals surface area contributed by atoms with Crippen molar-refractivity contribution in [3.63, 3.8) is 0 Å². The summed E-state index contributed by atoms with van der Waals surface area (Å²) in [6.07, 6.45) is -1.22. The van der Waals surface area contributed by atoms with Crippen molar-refractivity contribution in [1.29, 1.82) is 0 Å². The van der Waals surface area contributed by atoms with Crippen LogP contribution in [0, 0.1) is 0 Å². The van der Waals surface area contributed by atoms with Gasteiger partial charge in [-0.3, -0.25) is 57.7 Å². The van der Waals surface area contributed by atoms with Gasteiger partial charge in [0.25, 0.3) is 0 Å². The van der Waals surface area contributed by atoms with Gasteiger partial charge in [-0.25, -0.2) is 4.79 Å². The first-order valence-electron chi connectivity index (χ1n) is 24.7. The van der Waals surface area contributed by atoms with Crippen molar-refractivity contribution < 1.29 is 67.7 Å². The Morgan fingerprint density at radius 3 is 1.48 bits per heavy atom. The van der Waals surface area contributed by atoms with E-state index in [9.17, 15) is 62.6 Å². The number of aliphatic imine (C=N–C) groups is 1. The largest absolute Gasteiger partial charge is 0.481 e. The maximum absolute atomic E-state index is 14.3. The molecule has 8 atom stereocenters. The van der Waals surface area contributed by atoms with Gasteiger partial charge >= 0.3 is 11.9 Å². The summed E-state index contributed by atoms with van der Waals surface area (Å²) in [7, 11) is 0. The Morgan fingerprint density at radius 2 is 1.00 bits per heavy atom. The van der Waals surface area contributed by atoms with Crippen LogP contribution in [0.3, 0.4) is 0 Å². The Balaban J connectivity index is 3.48. The number of nitrogens with one attached hydrogen (secondary N) is 8. The number of benzene rings is 1. The molecule has 0 spiro atoms. The molecule has 30 nitrogen and oxygen atoms in total. The standard InChI is InChI=1S/C46H76N16O14S/c47-18-6-4-12-27(57-42(72)29(14-16-34(50)63)59-44(74)32(22-35(51)64)60-38(68)26(49)11-8-20-54-46(52)53)40(70)61-31(21-25-9-2-1-3-10-25)43(73)58-28(13-5-7-19-48)41(71)62-33(24-77)39(69)55-23-36(65)56-30(45(75)76)15-17-37(66)67/h1-3,9-10,26-33,77H,4-8,11-24,47-49H2,(H2,50,63)(H2,51,64)(H,55,69)(H,56,65)(H,57,72)(H,58,73)(H,59,74)(H,60,68)(H,61,70)(H,62,71)(H,66,67)(H,75,76)(H4,52,53,54)/t26-,27-,28-,29-,30-,31-,32-,33-/m0/s1. The van der Waals surface area contributed by atoms with Gasteiger partial charge in [-0.15, -0.1) is 0 Å². The minimum absolute atomic E-state index is 0.0231. The first-order valence-corrected chi connectivity index (χ1v) is 25.3. The van der Waals surface area contributed by atoms with Gasteiger partial charge in [0.05, 0.1) is 19.0 Å². The summed E-state index contributed by atoms with van der Waals surface area (Å²) in [5.74, 6) is -12.7. The van der Waals surface area contributed by atoms with Crippen LogP contribution in [0.5, 0.6) is 0 Å². The number of carbonyl (C=O) groups excluding carboxylic acids is 10. The van der Waals surface area contributed by atoms with Crippen molar-refractivity contribution in [3.05, 3.63) is 35.9 Å². The Morgan fingerprint density at radius 1 is 0.519 bits per heavy atom. The SMILES string of the molecule is NCCCC[C@H](NC(=O)[C@H](Cc1ccccc1)NC(=O)[C@H](CCCCN)NC(=O)[C@H](CCC(N)=O)NC(=O)[C@H](CC(N)=O)NC(=O)[C@@H](N)CCCN=C(N)N)C(=O)N[C@@H](CS)C(=O)NCC(=O)N[C@@H](CCC(=O)O)C(=O)O. The van der Waals surface area contributed by atoms with Gasteiger partial charge in [0.2, 0.25) is 59.1 Å². The zero-order chi connectivity index (χ0) is 58.0. The van der Waals surface area contributed by atoms with Gasteiger partial charge in [0, 0.05) is 31.6 Å². The van der Waals surface area contributed by atoms with Crippen LogP contribution in [0.1, 0.15) is 89.0 Å². The van der Waals surface area contributed by atoms with Crippen LogP contribution in [0.25, 0.3) is 0 Å². The quantitative estimate of drug-likeness (QED) is 0.0126. The van der Waals surface area contributed by atoms with Crippen LogP contribution < -0.4 is 82.7 Å². The number of nitrogens with two attached hydrogens (primary N) is 7. The second kappa shape index (κ2) is 37.2. The van der Waals surface area contributed by atoms with Gasteiger partial charge in [0.15, 0.2) is 5.96 Å². The van der Waals surface area contributed by atoms with E-state index in [4.69, 9.17) is 45.2 Å². The van der Waals surface area contributed by atoms with Crippen molar-refractivity contribution in [2.75, 3.05) is 31.9 Å². The highest BCUT2D eigenvalue weighted by molar-refractivity contribution is 7.80. The molecule has 24 N–H and O–H groups in total. The highest BCUT2D eigenvalue weighted by Crippen LogP contribution is 2.11. The van der Waals surface area contributed by atoms with E-state index in [1.165, 1.54) is 0 Å². The smallest absolute Gasteiger partial charge is 0.326 e. The first kappa shape index (κ1) is 67.4. The Labute approximate surface area is 449 Å². The number of carbonyl (C=O) groups is 12. The molecule has 0 aliphatic heterocycles. The summed E-state index contributed by atoms with van der Waals surface area (Å²) in [6.45, 7) is -0.219. The van der Waals surface area contributed by atoms with E-state index in [1.54, 1.807) is 30.3 Å². The molecule has 77 heavy (non-hydrogen) atoms. The number of rotatable bonds is 40. The normalized spacial score (nSPS) is 13.9. The molecule has 1 rings (SSSR count). The summed E-state index contributed by atoms with van der Waals surface area (Å²) in [5.41, 5.74) is 39.4. The summed E-state index contributed by atoms with van der Waals surface area (Å²) in [4.78, 5) is 159. The van der Waals surface area contributed by atoms with E-state index in [1.807, 2.05) is 0 Å². The van der Waals surface area contributed by atoms with Crippen molar-refractivity contribution >= 4 is 89.6 Å². The summed E-state index contributed by atoms with van der Waals surface area (Å²) in [6, 6.07) is -3.31. The second-order valence-electron chi connectivity index (χ2n) is 17.6. The van der Waals surface area contributed by atoms with Crippen LogP contribution in [-0.4, -0.2) is 167 Å². The number of hydrogen-bond acceptors (Lipinski definition) is 17. The van der Waals surface area contributed by atoms with Crippen molar-refractivity contribution in [3.8, 4) is 0 Å². The molecule has 0 saturated carbocycles.